The first-order valence-electron chi connectivity index (χ1n) is 15.4. The van der Waals surface area contributed by atoms with Gasteiger partial charge in [-0.3, -0.25) is 4.79 Å². The lowest BCUT2D eigenvalue weighted by Gasteiger charge is -2.22. The zero-order valence-corrected chi connectivity index (χ0v) is 28.0. The molecule has 6 nitrogen and oxygen atoms in total. The number of carboxylic acid groups (broad SMARTS) is 1. The van der Waals surface area contributed by atoms with Crippen LogP contribution in [0.15, 0.2) is 66.7 Å². The van der Waals surface area contributed by atoms with Crippen LogP contribution in [0.5, 0.6) is 5.75 Å². The highest BCUT2D eigenvalue weighted by molar-refractivity contribution is 5.99. The Hall–Kier alpha value is -4.06. The Labute approximate surface area is 262 Å². The monoisotopic (exact) mass is 596 g/mol. The van der Waals surface area contributed by atoms with Crippen molar-refractivity contribution in [1.82, 2.24) is 9.88 Å². The lowest BCUT2D eigenvalue weighted by molar-refractivity contribution is -0.152. The van der Waals surface area contributed by atoms with Crippen molar-refractivity contribution in [2.45, 2.75) is 99.3 Å². The van der Waals surface area contributed by atoms with Crippen molar-refractivity contribution in [2.24, 2.45) is 5.41 Å². The minimum atomic E-state index is -1.33. The van der Waals surface area contributed by atoms with E-state index in [-0.39, 0.29) is 22.8 Å². The average Bonchev–Trinajstić information content (AvgIpc) is 3.16. The van der Waals surface area contributed by atoms with Crippen LogP contribution in [0.25, 0.3) is 10.9 Å². The SMILES string of the molecule is Cc1c(Cc2cccc(OC(C)(C)C(=O)O)c2)c2ccc(C(=O)N[C@@H](C)c3cccc(C(C)(C)C)c3)cc2n1CC(C)(C)C. The van der Waals surface area contributed by atoms with Gasteiger partial charge in [-0.1, -0.05) is 84.0 Å². The van der Waals surface area contributed by atoms with E-state index >= 15 is 0 Å². The van der Waals surface area contributed by atoms with Gasteiger partial charge in [0.25, 0.3) is 5.91 Å². The molecule has 0 aliphatic heterocycles. The van der Waals surface area contributed by atoms with Crippen molar-refractivity contribution < 1.29 is 19.4 Å². The molecule has 44 heavy (non-hydrogen) atoms. The van der Waals surface area contributed by atoms with Crippen LogP contribution >= 0.6 is 0 Å². The van der Waals surface area contributed by atoms with E-state index < -0.39 is 11.6 Å². The molecule has 234 valence electrons. The van der Waals surface area contributed by atoms with Crippen molar-refractivity contribution in [2.75, 3.05) is 0 Å². The first-order chi connectivity index (χ1) is 20.4. The third kappa shape index (κ3) is 7.53. The summed E-state index contributed by atoms with van der Waals surface area (Å²) >= 11 is 0. The van der Waals surface area contributed by atoms with E-state index in [1.165, 1.54) is 11.1 Å². The molecule has 0 radical (unpaired) electrons. The van der Waals surface area contributed by atoms with Gasteiger partial charge in [-0.05, 0) is 91.5 Å². The molecule has 0 bridgehead atoms. The van der Waals surface area contributed by atoms with Gasteiger partial charge in [0.2, 0.25) is 0 Å². The Balaban J connectivity index is 1.67. The van der Waals surface area contributed by atoms with Gasteiger partial charge in [-0.2, -0.15) is 0 Å². The van der Waals surface area contributed by atoms with E-state index in [0.717, 1.165) is 34.3 Å². The zero-order chi connectivity index (χ0) is 32.6. The Kier molecular flexibility index (Phi) is 9.06. The van der Waals surface area contributed by atoms with Crippen LogP contribution in [0.2, 0.25) is 0 Å². The number of fused-ring (bicyclic) bond motifs is 1. The number of hydrogen-bond acceptors (Lipinski definition) is 3. The summed E-state index contributed by atoms with van der Waals surface area (Å²) < 4.78 is 8.13. The molecule has 0 spiro atoms. The van der Waals surface area contributed by atoms with Gasteiger partial charge in [0.05, 0.1) is 6.04 Å². The predicted molar refractivity (Wildman–Crippen MR) is 179 cm³/mol. The van der Waals surface area contributed by atoms with Gasteiger partial charge in [0, 0.05) is 28.7 Å². The van der Waals surface area contributed by atoms with Crippen LogP contribution in [-0.2, 0) is 23.2 Å². The van der Waals surface area contributed by atoms with Gasteiger partial charge >= 0.3 is 5.97 Å². The highest BCUT2D eigenvalue weighted by atomic mass is 16.5. The second-order valence-electron chi connectivity index (χ2n) is 14.8. The molecule has 0 aliphatic rings. The first-order valence-corrected chi connectivity index (χ1v) is 15.4. The fourth-order valence-electron chi connectivity index (χ4n) is 5.49. The second kappa shape index (κ2) is 12.1. The highest BCUT2D eigenvalue weighted by Gasteiger charge is 2.29. The quantitative estimate of drug-likeness (QED) is 0.203. The van der Waals surface area contributed by atoms with Crippen LogP contribution in [0.4, 0.5) is 0 Å². The summed E-state index contributed by atoms with van der Waals surface area (Å²) in [6.45, 7) is 21.3. The Morgan fingerprint density at radius 2 is 1.59 bits per heavy atom. The van der Waals surface area contributed by atoms with Crippen LogP contribution in [0.3, 0.4) is 0 Å². The van der Waals surface area contributed by atoms with Gasteiger partial charge in [-0.15, -0.1) is 0 Å². The fraction of sp³-hybridized carbons (Fsp3) is 0.421. The van der Waals surface area contributed by atoms with E-state index in [4.69, 9.17) is 4.74 Å². The fourth-order valence-corrected chi connectivity index (χ4v) is 5.49. The number of aromatic nitrogens is 1. The highest BCUT2D eigenvalue weighted by Crippen LogP contribution is 2.33. The van der Waals surface area contributed by atoms with Gasteiger partial charge in [0.1, 0.15) is 5.75 Å². The Bertz CT molecular complexity index is 1680. The van der Waals surface area contributed by atoms with E-state index in [2.05, 4.69) is 88.7 Å². The molecule has 1 heterocycles. The Morgan fingerprint density at radius 1 is 0.909 bits per heavy atom. The Morgan fingerprint density at radius 3 is 2.23 bits per heavy atom. The number of nitrogens with zero attached hydrogens (tertiary/aromatic N) is 1. The topological polar surface area (TPSA) is 80.6 Å². The molecule has 3 aromatic carbocycles. The lowest BCUT2D eigenvalue weighted by Crippen LogP contribution is -2.37. The average molecular weight is 597 g/mol. The maximum atomic E-state index is 13.6. The normalized spacial score (nSPS) is 13.1. The molecular weight excluding hydrogens is 548 g/mol. The van der Waals surface area contributed by atoms with E-state index in [1.807, 2.05) is 37.3 Å². The smallest absolute Gasteiger partial charge is 0.347 e. The van der Waals surface area contributed by atoms with Crippen molar-refractivity contribution in [1.29, 1.82) is 0 Å². The summed E-state index contributed by atoms with van der Waals surface area (Å²) in [6, 6.07) is 21.9. The largest absolute Gasteiger partial charge is 0.478 e. The molecule has 4 aromatic rings. The number of amides is 1. The molecule has 2 N–H and O–H groups in total. The maximum Gasteiger partial charge on any atom is 0.347 e. The molecule has 0 aliphatic carbocycles. The van der Waals surface area contributed by atoms with Gasteiger partial charge in [0.15, 0.2) is 5.60 Å². The summed E-state index contributed by atoms with van der Waals surface area (Å²) in [7, 11) is 0. The van der Waals surface area contributed by atoms with Gasteiger partial charge in [-0.25, -0.2) is 4.79 Å². The number of rotatable bonds is 9. The summed E-state index contributed by atoms with van der Waals surface area (Å²) in [5, 5.41) is 13.8. The zero-order valence-electron chi connectivity index (χ0n) is 28.0. The van der Waals surface area contributed by atoms with Gasteiger partial charge < -0.3 is 19.7 Å². The van der Waals surface area contributed by atoms with Crippen molar-refractivity contribution in [3.63, 3.8) is 0 Å². The summed E-state index contributed by atoms with van der Waals surface area (Å²) in [5.74, 6) is -0.599. The molecule has 0 unspecified atom stereocenters. The third-order valence-corrected chi connectivity index (χ3v) is 8.12. The third-order valence-electron chi connectivity index (χ3n) is 8.12. The molecule has 1 aromatic heterocycles. The molecule has 0 fully saturated rings. The number of aliphatic carboxylic acids is 1. The lowest BCUT2D eigenvalue weighted by atomic mass is 9.85. The summed E-state index contributed by atoms with van der Waals surface area (Å²) in [6.07, 6.45) is 0.650. The van der Waals surface area contributed by atoms with E-state index in [9.17, 15) is 14.7 Å². The molecule has 0 saturated heterocycles. The van der Waals surface area contributed by atoms with Crippen molar-refractivity contribution in [3.8, 4) is 5.75 Å². The molecular formula is C38H48N2O4. The number of ether oxygens (including phenoxy) is 1. The molecule has 6 heteroatoms. The van der Waals surface area contributed by atoms with E-state index in [1.54, 1.807) is 19.9 Å². The molecule has 1 amide bonds. The van der Waals surface area contributed by atoms with E-state index in [0.29, 0.717) is 17.7 Å². The number of nitrogens with one attached hydrogen (secondary N) is 1. The van der Waals surface area contributed by atoms with Crippen LogP contribution in [0, 0.1) is 12.3 Å². The minimum absolute atomic E-state index is 0.0228. The predicted octanol–water partition coefficient (Wildman–Crippen LogP) is 8.62. The number of carboxylic acids is 1. The molecule has 4 rings (SSSR count). The minimum Gasteiger partial charge on any atom is -0.478 e. The first kappa shape index (κ1) is 32.8. The van der Waals surface area contributed by atoms with Crippen LogP contribution in [-0.4, -0.2) is 27.2 Å². The standard InChI is InChI=1S/C38H48N2O4/c1-24(27-14-12-15-29(21-27)37(6,7)8)39-34(41)28-17-18-31-32(25(2)40(33(31)22-28)23-36(3,4)5)20-26-13-11-16-30(19-26)44-38(9,10)35(42)43/h11-19,21-22,24H,20,23H2,1-10H3,(H,39,41)(H,42,43)/t24-/m0/s1. The van der Waals surface area contributed by atoms with Crippen molar-refractivity contribution >= 4 is 22.8 Å². The summed E-state index contributed by atoms with van der Waals surface area (Å²) in [4.78, 5) is 25.2. The molecule has 1 atom stereocenters. The molecule has 0 saturated carbocycles. The second-order valence-corrected chi connectivity index (χ2v) is 14.8. The van der Waals surface area contributed by atoms with Crippen LogP contribution in [0.1, 0.15) is 107 Å². The number of hydrogen-bond donors (Lipinski definition) is 2. The van der Waals surface area contributed by atoms with Crippen LogP contribution < -0.4 is 10.1 Å². The number of carbonyl (C=O) groups excluding carboxylic acids is 1. The number of carbonyl (C=O) groups is 2. The van der Waals surface area contributed by atoms with Crippen molar-refractivity contribution in [3.05, 3.63) is 100 Å². The number of benzene rings is 3. The summed E-state index contributed by atoms with van der Waals surface area (Å²) in [5.41, 5.74) is 6.05. The maximum absolute atomic E-state index is 13.6.